The SMILES string of the molecule is COc1cccc(C(C(=O)O)C(F)F)c1. The molecule has 0 saturated carbocycles. The molecular weight excluding hydrogens is 206 g/mol. The van der Waals surface area contributed by atoms with Crippen molar-refractivity contribution in [3.63, 3.8) is 0 Å². The van der Waals surface area contributed by atoms with Crippen LogP contribution in [0.3, 0.4) is 0 Å². The Balaban J connectivity index is 3.05. The summed E-state index contributed by atoms with van der Waals surface area (Å²) in [5, 5.41) is 8.64. The Labute approximate surface area is 85.3 Å². The molecule has 0 saturated heterocycles. The van der Waals surface area contributed by atoms with Crippen molar-refractivity contribution in [2.75, 3.05) is 7.11 Å². The van der Waals surface area contributed by atoms with E-state index in [1.54, 1.807) is 6.07 Å². The van der Waals surface area contributed by atoms with Crippen molar-refractivity contribution < 1.29 is 23.4 Å². The smallest absolute Gasteiger partial charge is 0.316 e. The third-order valence-electron chi connectivity index (χ3n) is 1.97. The molecule has 0 fully saturated rings. The molecule has 1 atom stereocenters. The molecule has 0 heterocycles. The number of hydrogen-bond acceptors (Lipinski definition) is 2. The van der Waals surface area contributed by atoms with E-state index in [9.17, 15) is 13.6 Å². The fourth-order valence-electron chi connectivity index (χ4n) is 1.23. The van der Waals surface area contributed by atoms with E-state index in [1.807, 2.05) is 0 Å². The average Bonchev–Trinajstić information content (AvgIpc) is 2.17. The molecule has 1 rings (SSSR count). The lowest BCUT2D eigenvalue weighted by molar-refractivity contribution is -0.142. The number of methoxy groups -OCH3 is 1. The monoisotopic (exact) mass is 216 g/mol. The summed E-state index contributed by atoms with van der Waals surface area (Å²) in [5.74, 6) is -2.99. The van der Waals surface area contributed by atoms with Gasteiger partial charge >= 0.3 is 5.97 Å². The van der Waals surface area contributed by atoms with Gasteiger partial charge in [0.1, 0.15) is 11.7 Å². The van der Waals surface area contributed by atoms with Crippen LogP contribution in [0.15, 0.2) is 24.3 Å². The summed E-state index contributed by atoms with van der Waals surface area (Å²) in [6.45, 7) is 0. The minimum absolute atomic E-state index is 0.0388. The van der Waals surface area contributed by atoms with E-state index in [1.165, 1.54) is 25.3 Å². The maximum Gasteiger partial charge on any atom is 0.316 e. The van der Waals surface area contributed by atoms with Crippen LogP contribution in [0, 0.1) is 0 Å². The molecule has 0 amide bonds. The molecule has 1 N–H and O–H groups in total. The second kappa shape index (κ2) is 4.72. The number of rotatable bonds is 4. The first kappa shape index (κ1) is 11.4. The topological polar surface area (TPSA) is 46.5 Å². The second-order valence-electron chi connectivity index (χ2n) is 2.93. The molecule has 0 bridgehead atoms. The molecule has 15 heavy (non-hydrogen) atoms. The maximum absolute atomic E-state index is 12.4. The van der Waals surface area contributed by atoms with E-state index in [0.29, 0.717) is 5.75 Å². The van der Waals surface area contributed by atoms with Crippen molar-refractivity contribution in [3.05, 3.63) is 29.8 Å². The highest BCUT2D eigenvalue weighted by molar-refractivity contribution is 5.76. The van der Waals surface area contributed by atoms with Gasteiger partial charge in [-0.2, -0.15) is 0 Å². The lowest BCUT2D eigenvalue weighted by atomic mass is 10.00. The lowest BCUT2D eigenvalue weighted by Crippen LogP contribution is -2.19. The van der Waals surface area contributed by atoms with Crippen LogP contribution < -0.4 is 4.74 Å². The van der Waals surface area contributed by atoms with E-state index in [4.69, 9.17) is 9.84 Å². The van der Waals surface area contributed by atoms with Gasteiger partial charge < -0.3 is 9.84 Å². The Morgan fingerprint density at radius 3 is 2.60 bits per heavy atom. The average molecular weight is 216 g/mol. The summed E-state index contributed by atoms with van der Waals surface area (Å²) in [4.78, 5) is 10.6. The zero-order valence-corrected chi connectivity index (χ0v) is 7.98. The maximum atomic E-state index is 12.4. The Kier molecular flexibility index (Phi) is 3.60. The molecule has 1 aromatic rings. The minimum atomic E-state index is -2.94. The van der Waals surface area contributed by atoms with Gasteiger partial charge in [-0.1, -0.05) is 12.1 Å². The van der Waals surface area contributed by atoms with Gasteiger partial charge in [-0.25, -0.2) is 8.78 Å². The lowest BCUT2D eigenvalue weighted by Gasteiger charge is -2.12. The van der Waals surface area contributed by atoms with E-state index < -0.39 is 18.3 Å². The molecule has 0 aliphatic carbocycles. The van der Waals surface area contributed by atoms with Crippen LogP contribution in [0.1, 0.15) is 11.5 Å². The molecule has 1 aromatic carbocycles. The Morgan fingerprint density at radius 1 is 1.47 bits per heavy atom. The molecule has 82 valence electrons. The summed E-state index contributed by atoms with van der Waals surface area (Å²) in [6.07, 6.45) is -2.94. The predicted molar refractivity (Wildman–Crippen MR) is 49.4 cm³/mol. The summed E-state index contributed by atoms with van der Waals surface area (Å²) in [6, 6.07) is 5.68. The number of aliphatic carboxylic acids is 1. The predicted octanol–water partition coefficient (Wildman–Crippen LogP) is 2.13. The van der Waals surface area contributed by atoms with Crippen LogP contribution in [0.5, 0.6) is 5.75 Å². The highest BCUT2D eigenvalue weighted by Gasteiger charge is 2.29. The normalized spacial score (nSPS) is 12.5. The first-order chi connectivity index (χ1) is 7.06. The fraction of sp³-hybridized carbons (Fsp3) is 0.300. The number of hydrogen-bond donors (Lipinski definition) is 1. The van der Waals surface area contributed by atoms with Crippen molar-refractivity contribution in [1.82, 2.24) is 0 Å². The Hall–Kier alpha value is -1.65. The first-order valence-corrected chi connectivity index (χ1v) is 4.21. The standard InChI is InChI=1S/C10H10F2O3/c1-15-7-4-2-3-6(5-7)8(9(11)12)10(13)14/h2-5,8-9H,1H3,(H,13,14). The van der Waals surface area contributed by atoms with Gasteiger partial charge in [0.25, 0.3) is 6.43 Å². The molecule has 0 aliphatic heterocycles. The Bertz CT molecular complexity index is 352. The molecular formula is C10H10F2O3. The van der Waals surface area contributed by atoms with Crippen molar-refractivity contribution in [3.8, 4) is 5.75 Å². The summed E-state index contributed by atoms with van der Waals surface area (Å²) >= 11 is 0. The number of carboxylic acid groups (broad SMARTS) is 1. The second-order valence-corrected chi connectivity index (χ2v) is 2.93. The van der Waals surface area contributed by atoms with Gasteiger partial charge in [0.05, 0.1) is 7.11 Å². The highest BCUT2D eigenvalue weighted by atomic mass is 19.3. The number of ether oxygens (including phenoxy) is 1. The van der Waals surface area contributed by atoms with Crippen LogP contribution in [0.25, 0.3) is 0 Å². The molecule has 3 nitrogen and oxygen atoms in total. The van der Waals surface area contributed by atoms with E-state index in [-0.39, 0.29) is 5.56 Å². The zero-order chi connectivity index (χ0) is 11.4. The van der Waals surface area contributed by atoms with E-state index in [2.05, 4.69) is 0 Å². The molecule has 0 radical (unpaired) electrons. The molecule has 0 aromatic heterocycles. The summed E-state index contributed by atoms with van der Waals surface area (Å²) < 4.78 is 29.7. The quantitative estimate of drug-likeness (QED) is 0.838. The molecule has 1 unspecified atom stereocenters. The van der Waals surface area contributed by atoms with Gasteiger partial charge in [-0.05, 0) is 17.7 Å². The van der Waals surface area contributed by atoms with E-state index >= 15 is 0 Å². The number of halogens is 2. The summed E-state index contributed by atoms with van der Waals surface area (Å²) in [7, 11) is 1.39. The largest absolute Gasteiger partial charge is 0.497 e. The van der Waals surface area contributed by atoms with Crippen LogP contribution >= 0.6 is 0 Å². The van der Waals surface area contributed by atoms with Crippen LogP contribution in [0.2, 0.25) is 0 Å². The van der Waals surface area contributed by atoms with Crippen molar-refractivity contribution in [2.45, 2.75) is 12.3 Å². The zero-order valence-electron chi connectivity index (χ0n) is 7.98. The Morgan fingerprint density at radius 2 is 2.13 bits per heavy atom. The van der Waals surface area contributed by atoms with Crippen molar-refractivity contribution in [2.24, 2.45) is 0 Å². The number of benzene rings is 1. The number of alkyl halides is 2. The van der Waals surface area contributed by atoms with Crippen LogP contribution in [-0.4, -0.2) is 24.6 Å². The van der Waals surface area contributed by atoms with Gasteiger partial charge in [-0.15, -0.1) is 0 Å². The van der Waals surface area contributed by atoms with Crippen LogP contribution in [0.4, 0.5) is 8.78 Å². The molecule has 5 heteroatoms. The first-order valence-electron chi connectivity index (χ1n) is 4.21. The molecule has 0 spiro atoms. The van der Waals surface area contributed by atoms with E-state index in [0.717, 1.165) is 0 Å². The fourth-order valence-corrected chi connectivity index (χ4v) is 1.23. The number of carboxylic acids is 1. The van der Waals surface area contributed by atoms with Crippen LogP contribution in [-0.2, 0) is 4.79 Å². The number of carbonyl (C=O) groups is 1. The van der Waals surface area contributed by atoms with Gasteiger partial charge in [0.15, 0.2) is 0 Å². The third-order valence-corrected chi connectivity index (χ3v) is 1.97. The minimum Gasteiger partial charge on any atom is -0.497 e. The molecule has 0 aliphatic rings. The third kappa shape index (κ3) is 2.65. The highest BCUT2D eigenvalue weighted by Crippen LogP contribution is 2.26. The van der Waals surface area contributed by atoms with Gasteiger partial charge in [0, 0.05) is 0 Å². The van der Waals surface area contributed by atoms with Crippen molar-refractivity contribution >= 4 is 5.97 Å². The van der Waals surface area contributed by atoms with Gasteiger partial charge in [-0.3, -0.25) is 4.79 Å². The van der Waals surface area contributed by atoms with Crippen molar-refractivity contribution in [1.29, 1.82) is 0 Å². The van der Waals surface area contributed by atoms with Gasteiger partial charge in [0.2, 0.25) is 0 Å². The summed E-state index contributed by atoms with van der Waals surface area (Å²) in [5.41, 5.74) is 0.0388.